The van der Waals surface area contributed by atoms with Crippen LogP contribution in [0.5, 0.6) is 0 Å². The van der Waals surface area contributed by atoms with Crippen LogP contribution in [0.15, 0.2) is 12.1 Å². The molecular weight excluding hydrogens is 210 g/mol. The number of rotatable bonds is 5. The fraction of sp³-hybridized carbons (Fsp3) is 0.545. The SMILES string of the molecule is CCNc1ccc(Cl)c(CNC2CC2)n1. The first-order valence-electron chi connectivity index (χ1n) is 5.42. The van der Waals surface area contributed by atoms with E-state index < -0.39 is 0 Å². The minimum Gasteiger partial charge on any atom is -0.370 e. The minimum atomic E-state index is 0.686. The zero-order valence-corrected chi connectivity index (χ0v) is 9.64. The van der Waals surface area contributed by atoms with Crippen molar-refractivity contribution < 1.29 is 0 Å². The van der Waals surface area contributed by atoms with Crippen LogP contribution < -0.4 is 10.6 Å². The van der Waals surface area contributed by atoms with E-state index in [1.54, 1.807) is 0 Å². The molecule has 3 nitrogen and oxygen atoms in total. The van der Waals surface area contributed by atoms with Crippen molar-refractivity contribution in [2.24, 2.45) is 0 Å². The number of anilines is 1. The Bertz CT molecular complexity index is 337. The van der Waals surface area contributed by atoms with Gasteiger partial charge in [-0.1, -0.05) is 11.6 Å². The summed E-state index contributed by atoms with van der Waals surface area (Å²) in [5.41, 5.74) is 0.932. The summed E-state index contributed by atoms with van der Waals surface area (Å²) >= 11 is 6.07. The highest BCUT2D eigenvalue weighted by Crippen LogP contribution is 2.21. The summed E-state index contributed by atoms with van der Waals surface area (Å²) in [6, 6.07) is 4.49. The van der Waals surface area contributed by atoms with E-state index in [1.807, 2.05) is 12.1 Å². The largest absolute Gasteiger partial charge is 0.370 e. The quantitative estimate of drug-likeness (QED) is 0.808. The lowest BCUT2D eigenvalue weighted by atomic mass is 10.3. The second-order valence-electron chi connectivity index (χ2n) is 3.81. The highest BCUT2D eigenvalue weighted by molar-refractivity contribution is 6.31. The lowest BCUT2D eigenvalue weighted by molar-refractivity contribution is 0.675. The van der Waals surface area contributed by atoms with Crippen molar-refractivity contribution in [2.45, 2.75) is 32.4 Å². The summed E-state index contributed by atoms with van der Waals surface area (Å²) in [5, 5.41) is 7.33. The second kappa shape index (κ2) is 4.81. The Hall–Kier alpha value is -0.800. The first kappa shape index (κ1) is 10.7. The standard InChI is InChI=1S/C11H16ClN3/c1-2-13-11-6-5-9(12)10(15-11)7-14-8-3-4-8/h5-6,8,14H,2-4,7H2,1H3,(H,13,15). The zero-order valence-electron chi connectivity index (χ0n) is 8.89. The molecule has 0 aromatic carbocycles. The van der Waals surface area contributed by atoms with E-state index in [0.29, 0.717) is 6.04 Å². The summed E-state index contributed by atoms with van der Waals surface area (Å²) in [6.07, 6.45) is 2.56. The van der Waals surface area contributed by atoms with E-state index in [1.165, 1.54) is 12.8 Å². The summed E-state index contributed by atoms with van der Waals surface area (Å²) in [6.45, 7) is 3.70. The number of aromatic nitrogens is 1. The first-order chi connectivity index (χ1) is 7.29. The summed E-state index contributed by atoms with van der Waals surface area (Å²) in [7, 11) is 0. The van der Waals surface area contributed by atoms with Crippen LogP contribution in [0.2, 0.25) is 5.02 Å². The third-order valence-corrected chi connectivity index (χ3v) is 2.76. The highest BCUT2D eigenvalue weighted by Gasteiger charge is 2.20. The molecule has 1 aliphatic rings. The van der Waals surface area contributed by atoms with Crippen LogP contribution in [0.1, 0.15) is 25.5 Å². The van der Waals surface area contributed by atoms with Crippen LogP contribution in [0.4, 0.5) is 5.82 Å². The van der Waals surface area contributed by atoms with Crippen molar-refractivity contribution in [1.82, 2.24) is 10.3 Å². The van der Waals surface area contributed by atoms with Gasteiger partial charge in [0.1, 0.15) is 5.82 Å². The Labute approximate surface area is 95.2 Å². The topological polar surface area (TPSA) is 37.0 Å². The van der Waals surface area contributed by atoms with Gasteiger partial charge in [0.2, 0.25) is 0 Å². The van der Waals surface area contributed by atoms with Gasteiger partial charge in [0, 0.05) is 19.1 Å². The van der Waals surface area contributed by atoms with Crippen molar-refractivity contribution in [3.05, 3.63) is 22.8 Å². The Kier molecular flexibility index (Phi) is 3.44. The van der Waals surface area contributed by atoms with E-state index in [0.717, 1.165) is 29.6 Å². The van der Waals surface area contributed by atoms with Gasteiger partial charge in [-0.05, 0) is 31.9 Å². The van der Waals surface area contributed by atoms with Gasteiger partial charge in [-0.15, -0.1) is 0 Å². The molecule has 15 heavy (non-hydrogen) atoms. The Morgan fingerprint density at radius 1 is 1.47 bits per heavy atom. The van der Waals surface area contributed by atoms with Gasteiger partial charge in [-0.25, -0.2) is 4.98 Å². The maximum absolute atomic E-state index is 6.07. The maximum atomic E-state index is 6.07. The number of halogens is 1. The molecule has 0 unspecified atom stereocenters. The molecule has 2 N–H and O–H groups in total. The predicted octanol–water partition coefficient (Wildman–Crippen LogP) is 2.42. The Morgan fingerprint density at radius 2 is 2.27 bits per heavy atom. The van der Waals surface area contributed by atoms with Crippen LogP contribution in [0, 0.1) is 0 Å². The predicted molar refractivity (Wildman–Crippen MR) is 63.3 cm³/mol. The molecule has 82 valence electrons. The van der Waals surface area contributed by atoms with Crippen LogP contribution in [-0.4, -0.2) is 17.6 Å². The van der Waals surface area contributed by atoms with E-state index in [2.05, 4.69) is 22.5 Å². The molecule has 0 amide bonds. The average Bonchev–Trinajstić information content (AvgIpc) is 3.03. The molecule has 0 aliphatic heterocycles. The van der Waals surface area contributed by atoms with Gasteiger partial charge < -0.3 is 10.6 Å². The number of nitrogens with zero attached hydrogens (tertiary/aromatic N) is 1. The molecule has 1 aromatic rings. The average molecular weight is 226 g/mol. The molecule has 0 radical (unpaired) electrons. The van der Waals surface area contributed by atoms with Gasteiger partial charge in [-0.2, -0.15) is 0 Å². The first-order valence-corrected chi connectivity index (χ1v) is 5.80. The van der Waals surface area contributed by atoms with E-state index in [-0.39, 0.29) is 0 Å². The molecule has 2 rings (SSSR count). The molecule has 1 fully saturated rings. The Morgan fingerprint density at radius 3 is 2.93 bits per heavy atom. The molecule has 1 aromatic heterocycles. The van der Waals surface area contributed by atoms with Gasteiger partial charge in [0.05, 0.1) is 10.7 Å². The van der Waals surface area contributed by atoms with Crippen molar-refractivity contribution in [1.29, 1.82) is 0 Å². The molecule has 0 saturated heterocycles. The fourth-order valence-electron chi connectivity index (χ4n) is 1.42. The van der Waals surface area contributed by atoms with E-state index in [4.69, 9.17) is 11.6 Å². The molecule has 1 aliphatic carbocycles. The van der Waals surface area contributed by atoms with Crippen molar-refractivity contribution in [2.75, 3.05) is 11.9 Å². The lowest BCUT2D eigenvalue weighted by Gasteiger charge is -2.08. The van der Waals surface area contributed by atoms with Gasteiger partial charge >= 0.3 is 0 Å². The second-order valence-corrected chi connectivity index (χ2v) is 4.22. The zero-order chi connectivity index (χ0) is 10.7. The van der Waals surface area contributed by atoms with Crippen LogP contribution in [-0.2, 0) is 6.54 Å². The molecular formula is C11H16ClN3. The normalized spacial score (nSPS) is 15.3. The van der Waals surface area contributed by atoms with Crippen LogP contribution in [0.3, 0.4) is 0 Å². The third kappa shape index (κ3) is 3.08. The van der Waals surface area contributed by atoms with Gasteiger partial charge in [0.15, 0.2) is 0 Å². The van der Waals surface area contributed by atoms with Gasteiger partial charge in [0.25, 0.3) is 0 Å². The monoisotopic (exact) mass is 225 g/mol. The summed E-state index contributed by atoms with van der Waals surface area (Å²) < 4.78 is 0. The smallest absolute Gasteiger partial charge is 0.126 e. The van der Waals surface area contributed by atoms with Crippen molar-refractivity contribution in [3.8, 4) is 0 Å². The van der Waals surface area contributed by atoms with Crippen LogP contribution >= 0.6 is 11.6 Å². The van der Waals surface area contributed by atoms with Gasteiger partial charge in [-0.3, -0.25) is 0 Å². The highest BCUT2D eigenvalue weighted by atomic mass is 35.5. The Balaban J connectivity index is 2.01. The molecule has 1 saturated carbocycles. The molecule has 4 heteroatoms. The van der Waals surface area contributed by atoms with E-state index in [9.17, 15) is 0 Å². The van der Waals surface area contributed by atoms with Crippen molar-refractivity contribution >= 4 is 17.4 Å². The third-order valence-electron chi connectivity index (χ3n) is 2.41. The molecule has 1 heterocycles. The number of nitrogens with one attached hydrogen (secondary N) is 2. The number of pyridine rings is 1. The fourth-order valence-corrected chi connectivity index (χ4v) is 1.59. The molecule has 0 spiro atoms. The van der Waals surface area contributed by atoms with Crippen molar-refractivity contribution in [3.63, 3.8) is 0 Å². The molecule has 0 bridgehead atoms. The summed E-state index contributed by atoms with van der Waals surface area (Å²) in [4.78, 5) is 4.46. The summed E-state index contributed by atoms with van der Waals surface area (Å²) in [5.74, 6) is 0.898. The maximum Gasteiger partial charge on any atom is 0.126 e. The molecule has 0 atom stereocenters. The van der Waals surface area contributed by atoms with E-state index >= 15 is 0 Å². The number of hydrogen-bond acceptors (Lipinski definition) is 3. The van der Waals surface area contributed by atoms with Crippen LogP contribution in [0.25, 0.3) is 0 Å². The minimum absolute atomic E-state index is 0.686. The number of hydrogen-bond donors (Lipinski definition) is 2. The lowest BCUT2D eigenvalue weighted by Crippen LogP contribution is -2.17.